The van der Waals surface area contributed by atoms with Crippen molar-refractivity contribution in [3.63, 3.8) is 0 Å². The Kier molecular flexibility index (Phi) is 2.47. The lowest BCUT2D eigenvalue weighted by Crippen LogP contribution is -2.37. The fourth-order valence-electron chi connectivity index (χ4n) is 1.14. The summed E-state index contributed by atoms with van der Waals surface area (Å²) < 4.78 is 0. The maximum absolute atomic E-state index is 4.27. The van der Waals surface area contributed by atoms with Crippen molar-refractivity contribution in [1.29, 1.82) is 0 Å². The molecule has 0 atom stereocenters. The Labute approximate surface area is 72.8 Å². The largest absolute Gasteiger partial charge is 0.305 e. The topological polar surface area (TPSA) is 53.6 Å². The zero-order valence-electron chi connectivity index (χ0n) is 8.10. The maximum Gasteiger partial charge on any atom is 0.170 e. The SMILES string of the molecule is CCNC(C)(C)c1n[nH]c(C)n1. The Morgan fingerprint density at radius 3 is 2.58 bits per heavy atom. The first-order chi connectivity index (χ1) is 5.56. The molecule has 1 heterocycles. The van der Waals surface area contributed by atoms with Gasteiger partial charge in [-0.2, -0.15) is 5.10 Å². The number of aryl methyl sites for hydroxylation is 1. The first kappa shape index (κ1) is 9.19. The number of hydrogen-bond donors (Lipinski definition) is 2. The molecule has 0 spiro atoms. The van der Waals surface area contributed by atoms with Gasteiger partial charge in [0, 0.05) is 0 Å². The zero-order chi connectivity index (χ0) is 9.19. The van der Waals surface area contributed by atoms with Gasteiger partial charge in [0.2, 0.25) is 0 Å². The lowest BCUT2D eigenvalue weighted by atomic mass is 10.1. The summed E-state index contributed by atoms with van der Waals surface area (Å²) in [6, 6.07) is 0. The highest BCUT2D eigenvalue weighted by Crippen LogP contribution is 2.14. The molecular weight excluding hydrogens is 152 g/mol. The van der Waals surface area contributed by atoms with E-state index in [1.165, 1.54) is 0 Å². The summed E-state index contributed by atoms with van der Waals surface area (Å²) in [7, 11) is 0. The van der Waals surface area contributed by atoms with Gasteiger partial charge in [0.15, 0.2) is 5.82 Å². The van der Waals surface area contributed by atoms with Gasteiger partial charge in [0.25, 0.3) is 0 Å². The Morgan fingerprint density at radius 1 is 1.50 bits per heavy atom. The molecule has 0 aliphatic rings. The van der Waals surface area contributed by atoms with Crippen molar-refractivity contribution < 1.29 is 0 Å². The van der Waals surface area contributed by atoms with Crippen LogP contribution < -0.4 is 5.32 Å². The van der Waals surface area contributed by atoms with E-state index in [0.717, 1.165) is 18.2 Å². The number of rotatable bonds is 3. The first-order valence-electron chi connectivity index (χ1n) is 4.21. The molecule has 0 aromatic carbocycles. The van der Waals surface area contributed by atoms with Crippen LogP contribution in [0, 0.1) is 6.92 Å². The van der Waals surface area contributed by atoms with Gasteiger partial charge in [-0.3, -0.25) is 5.10 Å². The second-order valence-electron chi connectivity index (χ2n) is 3.40. The highest BCUT2D eigenvalue weighted by molar-refractivity contribution is 5.01. The number of hydrogen-bond acceptors (Lipinski definition) is 3. The quantitative estimate of drug-likeness (QED) is 0.706. The van der Waals surface area contributed by atoms with Crippen LogP contribution in [0.4, 0.5) is 0 Å². The van der Waals surface area contributed by atoms with E-state index in [0.29, 0.717) is 0 Å². The van der Waals surface area contributed by atoms with E-state index in [9.17, 15) is 0 Å². The molecule has 0 saturated carbocycles. The Bertz CT molecular complexity index is 251. The molecule has 0 saturated heterocycles. The van der Waals surface area contributed by atoms with Crippen LogP contribution >= 0.6 is 0 Å². The highest BCUT2D eigenvalue weighted by Gasteiger charge is 2.23. The summed E-state index contributed by atoms with van der Waals surface area (Å²) in [4.78, 5) is 4.27. The minimum Gasteiger partial charge on any atom is -0.305 e. The minimum absolute atomic E-state index is 0.139. The second kappa shape index (κ2) is 3.23. The van der Waals surface area contributed by atoms with Gasteiger partial charge in [-0.15, -0.1) is 0 Å². The molecule has 0 aliphatic heterocycles. The fourth-order valence-corrected chi connectivity index (χ4v) is 1.14. The van der Waals surface area contributed by atoms with Gasteiger partial charge < -0.3 is 5.32 Å². The average molecular weight is 168 g/mol. The standard InChI is InChI=1S/C8H16N4/c1-5-9-8(3,4)7-10-6(2)11-12-7/h9H,5H2,1-4H3,(H,10,11,12). The average Bonchev–Trinajstić information content (AvgIpc) is 2.36. The van der Waals surface area contributed by atoms with Crippen LogP contribution in [0.2, 0.25) is 0 Å². The zero-order valence-corrected chi connectivity index (χ0v) is 8.10. The Hall–Kier alpha value is -0.900. The third-order valence-electron chi connectivity index (χ3n) is 1.77. The second-order valence-corrected chi connectivity index (χ2v) is 3.40. The van der Waals surface area contributed by atoms with Crippen molar-refractivity contribution in [3.8, 4) is 0 Å². The van der Waals surface area contributed by atoms with E-state index >= 15 is 0 Å². The predicted molar refractivity (Wildman–Crippen MR) is 47.8 cm³/mol. The predicted octanol–water partition coefficient (Wildman–Crippen LogP) is 0.958. The number of aromatic amines is 1. The van der Waals surface area contributed by atoms with Crippen molar-refractivity contribution in [2.45, 2.75) is 33.2 Å². The monoisotopic (exact) mass is 168 g/mol. The van der Waals surface area contributed by atoms with Crippen molar-refractivity contribution in [3.05, 3.63) is 11.6 Å². The van der Waals surface area contributed by atoms with Crippen molar-refractivity contribution in [2.24, 2.45) is 0 Å². The Balaban J connectivity index is 2.81. The van der Waals surface area contributed by atoms with E-state index in [1.807, 2.05) is 6.92 Å². The summed E-state index contributed by atoms with van der Waals surface area (Å²) in [6.07, 6.45) is 0. The van der Waals surface area contributed by atoms with Crippen LogP contribution in [-0.4, -0.2) is 21.7 Å². The summed E-state index contributed by atoms with van der Waals surface area (Å²) in [5, 5.41) is 10.2. The van der Waals surface area contributed by atoms with Crippen molar-refractivity contribution in [1.82, 2.24) is 20.5 Å². The molecule has 0 amide bonds. The minimum atomic E-state index is -0.139. The number of H-pyrrole nitrogens is 1. The molecule has 1 rings (SSSR count). The molecule has 0 aliphatic carbocycles. The summed E-state index contributed by atoms with van der Waals surface area (Å²) >= 11 is 0. The molecule has 68 valence electrons. The molecule has 0 bridgehead atoms. The van der Waals surface area contributed by atoms with Gasteiger partial charge in [-0.05, 0) is 27.3 Å². The van der Waals surface area contributed by atoms with Crippen LogP contribution in [0.25, 0.3) is 0 Å². The van der Waals surface area contributed by atoms with Crippen molar-refractivity contribution in [2.75, 3.05) is 6.54 Å². The summed E-state index contributed by atoms with van der Waals surface area (Å²) in [5.41, 5.74) is -0.139. The maximum atomic E-state index is 4.27. The van der Waals surface area contributed by atoms with Gasteiger partial charge in [-0.1, -0.05) is 6.92 Å². The fraction of sp³-hybridized carbons (Fsp3) is 0.750. The molecule has 4 nitrogen and oxygen atoms in total. The van der Waals surface area contributed by atoms with E-state index in [1.54, 1.807) is 0 Å². The van der Waals surface area contributed by atoms with Crippen LogP contribution in [0.15, 0.2) is 0 Å². The number of nitrogens with one attached hydrogen (secondary N) is 2. The Morgan fingerprint density at radius 2 is 2.17 bits per heavy atom. The molecule has 1 aromatic heterocycles. The van der Waals surface area contributed by atoms with Crippen LogP contribution in [0.5, 0.6) is 0 Å². The summed E-state index contributed by atoms with van der Waals surface area (Å²) in [6.45, 7) is 9.03. The number of nitrogens with zero attached hydrogens (tertiary/aromatic N) is 2. The van der Waals surface area contributed by atoms with E-state index < -0.39 is 0 Å². The molecule has 1 aromatic rings. The molecule has 4 heteroatoms. The molecule has 2 N–H and O–H groups in total. The lowest BCUT2D eigenvalue weighted by molar-refractivity contribution is 0.392. The highest BCUT2D eigenvalue weighted by atomic mass is 15.2. The van der Waals surface area contributed by atoms with E-state index in [2.05, 4.69) is 41.3 Å². The number of aromatic nitrogens is 3. The first-order valence-corrected chi connectivity index (χ1v) is 4.21. The van der Waals surface area contributed by atoms with Crippen LogP contribution in [0.3, 0.4) is 0 Å². The van der Waals surface area contributed by atoms with E-state index in [4.69, 9.17) is 0 Å². The van der Waals surface area contributed by atoms with E-state index in [-0.39, 0.29) is 5.54 Å². The normalized spacial score (nSPS) is 12.0. The van der Waals surface area contributed by atoms with Gasteiger partial charge in [-0.25, -0.2) is 4.98 Å². The summed E-state index contributed by atoms with van der Waals surface area (Å²) in [5.74, 6) is 1.68. The van der Waals surface area contributed by atoms with Gasteiger partial charge in [0.1, 0.15) is 5.82 Å². The van der Waals surface area contributed by atoms with Gasteiger partial charge in [0.05, 0.1) is 5.54 Å². The van der Waals surface area contributed by atoms with Crippen molar-refractivity contribution >= 4 is 0 Å². The molecular formula is C8H16N4. The third kappa shape index (κ3) is 1.82. The van der Waals surface area contributed by atoms with Crippen LogP contribution in [-0.2, 0) is 5.54 Å². The lowest BCUT2D eigenvalue weighted by Gasteiger charge is -2.21. The smallest absolute Gasteiger partial charge is 0.170 e. The molecule has 12 heavy (non-hydrogen) atoms. The molecule has 0 radical (unpaired) electrons. The van der Waals surface area contributed by atoms with Crippen LogP contribution in [0.1, 0.15) is 32.4 Å². The molecule has 0 unspecified atom stereocenters. The third-order valence-corrected chi connectivity index (χ3v) is 1.77. The molecule has 0 fully saturated rings. The van der Waals surface area contributed by atoms with Gasteiger partial charge >= 0.3 is 0 Å².